The van der Waals surface area contributed by atoms with Gasteiger partial charge in [-0.3, -0.25) is 9.67 Å². The number of aryl methyl sites for hydroxylation is 2. The van der Waals surface area contributed by atoms with E-state index in [2.05, 4.69) is 33.0 Å². The van der Waals surface area contributed by atoms with Gasteiger partial charge in [0, 0.05) is 11.7 Å². The average Bonchev–Trinajstić information content (AvgIpc) is 3.14. The lowest BCUT2D eigenvalue weighted by atomic mass is 10.1. The first-order chi connectivity index (χ1) is 11.2. The van der Waals surface area contributed by atoms with Gasteiger partial charge in [0.1, 0.15) is 0 Å². The van der Waals surface area contributed by atoms with Crippen molar-refractivity contribution >= 4 is 23.9 Å². The molecule has 1 saturated carbocycles. The van der Waals surface area contributed by atoms with Gasteiger partial charge >= 0.3 is 6.03 Å². The van der Waals surface area contributed by atoms with Crippen molar-refractivity contribution in [3.8, 4) is 0 Å². The van der Waals surface area contributed by atoms with E-state index in [-0.39, 0.29) is 6.03 Å². The number of benzene rings is 1. The first kappa shape index (κ1) is 14.4. The molecule has 4 rings (SSSR count). The van der Waals surface area contributed by atoms with E-state index in [0.29, 0.717) is 17.4 Å². The molecule has 0 saturated heterocycles. The Balaban J connectivity index is 1.38. The maximum absolute atomic E-state index is 12.1. The number of urea groups is 1. The van der Waals surface area contributed by atoms with E-state index < -0.39 is 0 Å². The highest BCUT2D eigenvalue weighted by atomic mass is 32.1. The third-order valence-corrected chi connectivity index (χ3v) is 4.74. The molecule has 0 atom stereocenters. The Morgan fingerprint density at radius 3 is 3.00 bits per heavy atom. The van der Waals surface area contributed by atoms with E-state index >= 15 is 0 Å². The van der Waals surface area contributed by atoms with Crippen LogP contribution in [0.2, 0.25) is 0 Å². The Hall–Kier alpha value is -2.15. The summed E-state index contributed by atoms with van der Waals surface area (Å²) in [6.07, 6.45) is 5.70. The Kier molecular flexibility index (Phi) is 3.65. The lowest BCUT2D eigenvalue weighted by Crippen LogP contribution is -2.29. The number of carbonyl (C=O) groups is 1. The summed E-state index contributed by atoms with van der Waals surface area (Å²) in [5.41, 5.74) is 3.58. The first-order valence-corrected chi connectivity index (χ1v) is 8.44. The molecule has 1 fully saturated rings. The second-order valence-corrected chi connectivity index (χ2v) is 6.58. The molecule has 0 aliphatic heterocycles. The minimum Gasteiger partial charge on any atom is -0.331 e. The predicted octanol–water partition coefficient (Wildman–Crippen LogP) is 3.09. The molecule has 2 amide bonds. The minimum absolute atomic E-state index is 0.223. The standard InChI is InChI=1S/C16H19N5OS/c22-15(18-12-5-4-10-2-1-3-11(10)8-12)17-9-14-19-20-16(23)21(14)13-6-7-13/h4-5,8,13H,1-3,6-7,9H2,(H,20,23)(H2,17,18,22). The summed E-state index contributed by atoms with van der Waals surface area (Å²) in [5, 5.41) is 12.8. The van der Waals surface area contributed by atoms with E-state index in [1.165, 1.54) is 17.5 Å². The maximum Gasteiger partial charge on any atom is 0.319 e. The van der Waals surface area contributed by atoms with E-state index in [1.54, 1.807) is 0 Å². The summed E-state index contributed by atoms with van der Waals surface area (Å²) in [4.78, 5) is 12.1. The van der Waals surface area contributed by atoms with E-state index in [0.717, 1.165) is 37.2 Å². The molecule has 2 aromatic rings. The SMILES string of the molecule is O=C(NCc1n[nH]c(=S)n1C1CC1)Nc1ccc2c(c1)CCC2. The van der Waals surface area contributed by atoms with Gasteiger partial charge in [0.05, 0.1) is 6.54 Å². The number of nitrogens with zero attached hydrogens (tertiary/aromatic N) is 2. The monoisotopic (exact) mass is 329 g/mol. The van der Waals surface area contributed by atoms with Crippen LogP contribution >= 0.6 is 12.2 Å². The summed E-state index contributed by atoms with van der Waals surface area (Å²) in [5.74, 6) is 0.779. The number of carbonyl (C=O) groups excluding carboxylic acids is 1. The van der Waals surface area contributed by atoms with Crippen LogP contribution in [0.3, 0.4) is 0 Å². The zero-order valence-corrected chi connectivity index (χ0v) is 13.6. The van der Waals surface area contributed by atoms with Crippen LogP contribution < -0.4 is 10.6 Å². The molecule has 7 heteroatoms. The zero-order chi connectivity index (χ0) is 15.8. The predicted molar refractivity (Wildman–Crippen MR) is 90.0 cm³/mol. The van der Waals surface area contributed by atoms with Crippen molar-refractivity contribution < 1.29 is 4.79 Å². The van der Waals surface area contributed by atoms with Gasteiger partial charge in [0.25, 0.3) is 0 Å². The van der Waals surface area contributed by atoms with Crippen molar-refractivity contribution in [2.45, 2.75) is 44.7 Å². The molecule has 0 spiro atoms. The average molecular weight is 329 g/mol. The summed E-state index contributed by atoms with van der Waals surface area (Å²) < 4.78 is 2.63. The van der Waals surface area contributed by atoms with Crippen molar-refractivity contribution in [3.05, 3.63) is 39.9 Å². The minimum atomic E-state index is -0.223. The van der Waals surface area contributed by atoms with Crippen LogP contribution in [0, 0.1) is 4.77 Å². The second kappa shape index (κ2) is 5.81. The molecule has 1 aromatic carbocycles. The summed E-state index contributed by atoms with van der Waals surface area (Å²) in [6, 6.07) is 6.36. The molecular formula is C16H19N5OS. The molecule has 23 heavy (non-hydrogen) atoms. The quantitative estimate of drug-likeness (QED) is 0.755. The summed E-state index contributed by atoms with van der Waals surface area (Å²) in [6.45, 7) is 0.362. The molecule has 0 unspecified atom stereocenters. The Morgan fingerprint density at radius 2 is 2.17 bits per heavy atom. The van der Waals surface area contributed by atoms with Crippen molar-refractivity contribution in [1.82, 2.24) is 20.1 Å². The van der Waals surface area contributed by atoms with Crippen LogP contribution in [-0.2, 0) is 19.4 Å². The zero-order valence-electron chi connectivity index (χ0n) is 12.8. The molecule has 120 valence electrons. The highest BCUT2D eigenvalue weighted by molar-refractivity contribution is 7.71. The highest BCUT2D eigenvalue weighted by Gasteiger charge is 2.27. The van der Waals surface area contributed by atoms with Gasteiger partial charge in [-0.25, -0.2) is 4.79 Å². The molecule has 0 radical (unpaired) electrons. The van der Waals surface area contributed by atoms with Crippen LogP contribution in [0.1, 0.15) is 42.3 Å². The molecule has 6 nitrogen and oxygen atoms in total. The molecule has 1 aromatic heterocycles. The van der Waals surface area contributed by atoms with Crippen LogP contribution in [0.4, 0.5) is 10.5 Å². The van der Waals surface area contributed by atoms with Gasteiger partial charge in [-0.1, -0.05) is 6.07 Å². The third-order valence-electron chi connectivity index (χ3n) is 4.45. The number of anilines is 1. The maximum atomic E-state index is 12.1. The number of hydrogen-bond acceptors (Lipinski definition) is 3. The number of fused-ring (bicyclic) bond motifs is 1. The Bertz CT molecular complexity index is 805. The smallest absolute Gasteiger partial charge is 0.319 e. The van der Waals surface area contributed by atoms with Crippen molar-refractivity contribution in [3.63, 3.8) is 0 Å². The number of rotatable bonds is 4. The molecular weight excluding hydrogens is 310 g/mol. The Morgan fingerprint density at radius 1 is 1.35 bits per heavy atom. The summed E-state index contributed by atoms with van der Waals surface area (Å²) in [7, 11) is 0. The van der Waals surface area contributed by atoms with E-state index in [9.17, 15) is 4.79 Å². The number of hydrogen-bond donors (Lipinski definition) is 3. The van der Waals surface area contributed by atoms with E-state index in [1.807, 2.05) is 10.6 Å². The number of amides is 2. The first-order valence-electron chi connectivity index (χ1n) is 8.03. The number of aromatic nitrogens is 3. The van der Waals surface area contributed by atoms with Gasteiger partial charge in [-0.15, -0.1) is 0 Å². The number of aromatic amines is 1. The van der Waals surface area contributed by atoms with E-state index in [4.69, 9.17) is 12.2 Å². The topological polar surface area (TPSA) is 74.7 Å². The molecule has 3 N–H and O–H groups in total. The molecule has 2 aliphatic carbocycles. The van der Waals surface area contributed by atoms with Gasteiger partial charge in [0.15, 0.2) is 10.6 Å². The van der Waals surface area contributed by atoms with Crippen LogP contribution in [0.5, 0.6) is 0 Å². The van der Waals surface area contributed by atoms with Crippen molar-refractivity contribution in [2.24, 2.45) is 0 Å². The van der Waals surface area contributed by atoms with Gasteiger partial charge in [-0.05, 0) is 67.6 Å². The Labute approximate surface area is 139 Å². The van der Waals surface area contributed by atoms with Crippen LogP contribution in [-0.4, -0.2) is 20.8 Å². The fourth-order valence-electron chi connectivity index (χ4n) is 3.16. The fourth-order valence-corrected chi connectivity index (χ4v) is 3.46. The van der Waals surface area contributed by atoms with Gasteiger partial charge < -0.3 is 10.6 Å². The van der Waals surface area contributed by atoms with Crippen molar-refractivity contribution in [2.75, 3.05) is 5.32 Å². The molecule has 0 bridgehead atoms. The van der Waals surface area contributed by atoms with Crippen molar-refractivity contribution in [1.29, 1.82) is 0 Å². The second-order valence-electron chi connectivity index (χ2n) is 6.19. The largest absolute Gasteiger partial charge is 0.331 e. The normalized spacial score (nSPS) is 16.2. The molecule has 2 aliphatic rings. The third kappa shape index (κ3) is 3.01. The van der Waals surface area contributed by atoms with Crippen LogP contribution in [0.25, 0.3) is 0 Å². The highest BCUT2D eigenvalue weighted by Crippen LogP contribution is 2.35. The fraction of sp³-hybridized carbons (Fsp3) is 0.438. The number of nitrogens with one attached hydrogen (secondary N) is 3. The van der Waals surface area contributed by atoms with Gasteiger partial charge in [-0.2, -0.15) is 5.10 Å². The van der Waals surface area contributed by atoms with Gasteiger partial charge in [0.2, 0.25) is 0 Å². The lowest BCUT2D eigenvalue weighted by molar-refractivity contribution is 0.251. The summed E-state index contributed by atoms with van der Waals surface area (Å²) >= 11 is 5.24. The van der Waals surface area contributed by atoms with Crippen LogP contribution in [0.15, 0.2) is 18.2 Å². The lowest BCUT2D eigenvalue weighted by Gasteiger charge is -2.09. The molecule has 1 heterocycles. The number of H-pyrrole nitrogens is 1.